The van der Waals surface area contributed by atoms with Crippen LogP contribution in [0.3, 0.4) is 0 Å². The summed E-state index contributed by atoms with van der Waals surface area (Å²) in [5.41, 5.74) is 0.620. The number of carbonyl (C=O) groups excluding carboxylic acids is 1. The molecule has 0 bridgehead atoms. The molecule has 7 nitrogen and oxygen atoms in total. The first-order valence-corrected chi connectivity index (χ1v) is 7.59. The van der Waals surface area contributed by atoms with Gasteiger partial charge in [0, 0.05) is 49.4 Å². The van der Waals surface area contributed by atoms with Gasteiger partial charge in [-0.3, -0.25) is 9.78 Å². The summed E-state index contributed by atoms with van der Waals surface area (Å²) in [7, 11) is 1.58. The number of nitrogens with zero attached hydrogens (tertiary/aromatic N) is 4. The molecule has 1 aliphatic rings. The normalized spacial score (nSPS) is 17.6. The number of amides is 1. The van der Waals surface area contributed by atoms with Crippen molar-refractivity contribution in [1.29, 1.82) is 0 Å². The Hall–Kier alpha value is -2.70. The molecule has 1 atom stereocenters. The molecule has 3 heterocycles. The Morgan fingerprint density at radius 2 is 2.13 bits per heavy atom. The number of ether oxygens (including phenoxy) is 1. The molecule has 23 heavy (non-hydrogen) atoms. The molecule has 0 aliphatic carbocycles. The maximum atomic E-state index is 12.2. The van der Waals surface area contributed by atoms with Crippen LogP contribution in [0.1, 0.15) is 23.2 Å². The lowest BCUT2D eigenvalue weighted by Crippen LogP contribution is -2.48. The number of piperidine rings is 1. The van der Waals surface area contributed by atoms with E-state index in [9.17, 15) is 4.79 Å². The van der Waals surface area contributed by atoms with E-state index in [1.54, 1.807) is 43.9 Å². The lowest BCUT2D eigenvalue weighted by Gasteiger charge is -2.33. The fourth-order valence-electron chi connectivity index (χ4n) is 2.65. The van der Waals surface area contributed by atoms with Crippen molar-refractivity contribution in [3.63, 3.8) is 0 Å². The second-order valence-corrected chi connectivity index (χ2v) is 5.39. The number of pyridine rings is 1. The molecule has 120 valence electrons. The van der Waals surface area contributed by atoms with Crippen LogP contribution >= 0.6 is 0 Å². The molecular formula is C16H19N5O2. The Labute approximate surface area is 134 Å². The Morgan fingerprint density at radius 3 is 2.91 bits per heavy atom. The molecule has 0 saturated carbocycles. The van der Waals surface area contributed by atoms with Crippen molar-refractivity contribution in [3.05, 3.63) is 42.4 Å². The van der Waals surface area contributed by atoms with E-state index in [-0.39, 0.29) is 11.9 Å². The van der Waals surface area contributed by atoms with Crippen LogP contribution in [0.15, 0.2) is 36.8 Å². The summed E-state index contributed by atoms with van der Waals surface area (Å²) < 4.78 is 5.14. The van der Waals surface area contributed by atoms with Crippen LogP contribution < -0.4 is 15.0 Å². The first kappa shape index (κ1) is 15.2. The van der Waals surface area contributed by atoms with E-state index in [0.717, 1.165) is 19.4 Å². The number of methoxy groups -OCH3 is 1. The highest BCUT2D eigenvalue weighted by Crippen LogP contribution is 2.18. The molecule has 0 spiro atoms. The number of carbonyl (C=O) groups is 1. The van der Waals surface area contributed by atoms with Gasteiger partial charge in [-0.2, -0.15) is 4.98 Å². The summed E-state index contributed by atoms with van der Waals surface area (Å²) in [5.74, 6) is 1.09. The Morgan fingerprint density at radius 1 is 1.30 bits per heavy atom. The van der Waals surface area contributed by atoms with E-state index in [1.165, 1.54) is 0 Å². The highest BCUT2D eigenvalue weighted by Gasteiger charge is 2.23. The van der Waals surface area contributed by atoms with E-state index in [2.05, 4.69) is 25.2 Å². The number of nitrogens with one attached hydrogen (secondary N) is 1. The summed E-state index contributed by atoms with van der Waals surface area (Å²) in [6.07, 6.45) is 6.83. The minimum Gasteiger partial charge on any atom is -0.481 e. The van der Waals surface area contributed by atoms with Crippen LogP contribution in [0.4, 0.5) is 5.95 Å². The third-order valence-electron chi connectivity index (χ3n) is 3.81. The summed E-state index contributed by atoms with van der Waals surface area (Å²) in [4.78, 5) is 26.9. The number of aromatic nitrogens is 3. The topological polar surface area (TPSA) is 80.2 Å². The second kappa shape index (κ2) is 7.04. The highest BCUT2D eigenvalue weighted by molar-refractivity contribution is 5.94. The van der Waals surface area contributed by atoms with Crippen LogP contribution in [0, 0.1) is 0 Å². The molecule has 0 radical (unpaired) electrons. The summed E-state index contributed by atoms with van der Waals surface area (Å²) >= 11 is 0. The molecule has 1 amide bonds. The van der Waals surface area contributed by atoms with Crippen LogP contribution in [-0.2, 0) is 0 Å². The quantitative estimate of drug-likeness (QED) is 0.916. The van der Waals surface area contributed by atoms with E-state index in [4.69, 9.17) is 4.74 Å². The summed E-state index contributed by atoms with van der Waals surface area (Å²) in [6, 6.07) is 5.21. The minimum atomic E-state index is -0.0780. The average molecular weight is 313 g/mol. The molecule has 0 aromatic carbocycles. The zero-order valence-corrected chi connectivity index (χ0v) is 13.0. The molecule has 2 aromatic heterocycles. The number of rotatable bonds is 4. The van der Waals surface area contributed by atoms with Gasteiger partial charge in [0.1, 0.15) is 0 Å². The monoisotopic (exact) mass is 313 g/mol. The molecule has 1 fully saturated rings. The predicted molar refractivity (Wildman–Crippen MR) is 85.5 cm³/mol. The van der Waals surface area contributed by atoms with Crippen molar-refractivity contribution < 1.29 is 9.53 Å². The zero-order chi connectivity index (χ0) is 16.1. The Bertz CT molecular complexity index is 665. The van der Waals surface area contributed by atoms with Gasteiger partial charge in [0.2, 0.25) is 11.8 Å². The Balaban J connectivity index is 1.65. The predicted octanol–water partition coefficient (Wildman–Crippen LogP) is 1.28. The summed E-state index contributed by atoms with van der Waals surface area (Å²) in [6.45, 7) is 1.55. The molecule has 1 unspecified atom stereocenters. The van der Waals surface area contributed by atoms with Crippen LogP contribution in [0.25, 0.3) is 0 Å². The number of anilines is 1. The van der Waals surface area contributed by atoms with Crippen molar-refractivity contribution in [2.24, 2.45) is 0 Å². The van der Waals surface area contributed by atoms with Crippen LogP contribution in [0.5, 0.6) is 5.88 Å². The third-order valence-corrected chi connectivity index (χ3v) is 3.81. The lowest BCUT2D eigenvalue weighted by molar-refractivity contribution is 0.0933. The second-order valence-electron chi connectivity index (χ2n) is 5.39. The molecule has 1 N–H and O–H groups in total. The largest absolute Gasteiger partial charge is 0.481 e. The molecular weight excluding hydrogens is 294 g/mol. The van der Waals surface area contributed by atoms with Gasteiger partial charge in [0.05, 0.1) is 7.11 Å². The molecule has 1 aliphatic heterocycles. The maximum Gasteiger partial charge on any atom is 0.251 e. The van der Waals surface area contributed by atoms with Gasteiger partial charge in [-0.25, -0.2) is 4.98 Å². The molecule has 1 saturated heterocycles. The van der Waals surface area contributed by atoms with Crippen molar-refractivity contribution in [2.45, 2.75) is 18.9 Å². The molecule has 7 heteroatoms. The fourth-order valence-corrected chi connectivity index (χ4v) is 2.65. The highest BCUT2D eigenvalue weighted by atomic mass is 16.5. The number of hydrogen-bond acceptors (Lipinski definition) is 6. The average Bonchev–Trinajstić information content (AvgIpc) is 2.63. The molecule has 3 rings (SSSR count). The standard InChI is InChI=1S/C16H19N5O2/c1-23-14-6-9-18-16(20-14)21-10-2-3-13(11-21)19-15(22)12-4-7-17-8-5-12/h4-9,13H,2-3,10-11H2,1H3,(H,19,22). The van der Waals surface area contributed by atoms with Crippen molar-refractivity contribution in [3.8, 4) is 5.88 Å². The summed E-state index contributed by atoms with van der Waals surface area (Å²) in [5, 5.41) is 3.07. The van der Waals surface area contributed by atoms with Gasteiger partial charge >= 0.3 is 0 Å². The van der Waals surface area contributed by atoms with Crippen LogP contribution in [-0.4, -0.2) is 47.1 Å². The van der Waals surface area contributed by atoms with Gasteiger partial charge in [0.25, 0.3) is 5.91 Å². The van der Waals surface area contributed by atoms with E-state index >= 15 is 0 Å². The van der Waals surface area contributed by atoms with Crippen molar-refractivity contribution in [1.82, 2.24) is 20.3 Å². The lowest BCUT2D eigenvalue weighted by atomic mass is 10.1. The van der Waals surface area contributed by atoms with Crippen molar-refractivity contribution in [2.75, 3.05) is 25.1 Å². The van der Waals surface area contributed by atoms with E-state index < -0.39 is 0 Å². The molecule has 2 aromatic rings. The van der Waals surface area contributed by atoms with E-state index in [0.29, 0.717) is 23.9 Å². The zero-order valence-electron chi connectivity index (χ0n) is 13.0. The minimum absolute atomic E-state index is 0.0687. The van der Waals surface area contributed by atoms with Crippen LogP contribution in [0.2, 0.25) is 0 Å². The fraction of sp³-hybridized carbons (Fsp3) is 0.375. The van der Waals surface area contributed by atoms with Crippen molar-refractivity contribution >= 4 is 11.9 Å². The first-order valence-electron chi connectivity index (χ1n) is 7.59. The van der Waals surface area contributed by atoms with Gasteiger partial charge in [0.15, 0.2) is 0 Å². The SMILES string of the molecule is COc1ccnc(N2CCCC(NC(=O)c3ccncc3)C2)n1. The van der Waals surface area contributed by atoms with Gasteiger partial charge in [-0.05, 0) is 25.0 Å². The Kier molecular flexibility index (Phi) is 4.65. The maximum absolute atomic E-state index is 12.2. The third kappa shape index (κ3) is 3.74. The van der Waals surface area contributed by atoms with Gasteiger partial charge < -0.3 is 15.0 Å². The first-order chi connectivity index (χ1) is 11.3. The van der Waals surface area contributed by atoms with Gasteiger partial charge in [-0.1, -0.05) is 0 Å². The smallest absolute Gasteiger partial charge is 0.251 e. The number of hydrogen-bond donors (Lipinski definition) is 1. The van der Waals surface area contributed by atoms with Gasteiger partial charge in [-0.15, -0.1) is 0 Å². The van der Waals surface area contributed by atoms with E-state index in [1.807, 2.05) is 0 Å².